The van der Waals surface area contributed by atoms with Gasteiger partial charge in [-0.05, 0) is 55.3 Å². The van der Waals surface area contributed by atoms with E-state index in [2.05, 4.69) is 61.9 Å². The van der Waals surface area contributed by atoms with Gasteiger partial charge in [-0.3, -0.25) is 4.79 Å². The Labute approximate surface area is 130 Å². The van der Waals surface area contributed by atoms with Crippen molar-refractivity contribution in [1.82, 2.24) is 4.57 Å². The van der Waals surface area contributed by atoms with Crippen LogP contribution in [-0.2, 0) is 6.42 Å². The van der Waals surface area contributed by atoms with Gasteiger partial charge in [0.25, 0.3) is 0 Å². The highest BCUT2D eigenvalue weighted by Crippen LogP contribution is 2.37. The van der Waals surface area contributed by atoms with Crippen LogP contribution >= 0.6 is 11.8 Å². The van der Waals surface area contributed by atoms with E-state index in [0.717, 1.165) is 23.4 Å². The molecule has 0 fully saturated rings. The van der Waals surface area contributed by atoms with Crippen LogP contribution in [0, 0.1) is 12.3 Å². The molecule has 3 heteroatoms. The molecule has 1 aromatic carbocycles. The maximum Gasteiger partial charge on any atom is 0.165 e. The minimum absolute atomic E-state index is 0.0475. The molecule has 1 aliphatic carbocycles. The van der Waals surface area contributed by atoms with Gasteiger partial charge in [0.05, 0.1) is 0 Å². The number of nitrogens with zero attached hydrogens (tertiary/aromatic N) is 1. The molecule has 0 amide bonds. The lowest BCUT2D eigenvalue weighted by Gasteiger charge is -2.29. The van der Waals surface area contributed by atoms with Crippen LogP contribution in [-0.4, -0.2) is 16.6 Å². The number of hydrogen-bond donors (Lipinski definition) is 0. The molecule has 0 radical (unpaired) electrons. The van der Waals surface area contributed by atoms with Crippen molar-refractivity contribution in [2.24, 2.45) is 5.41 Å². The van der Waals surface area contributed by atoms with E-state index in [0.29, 0.717) is 6.42 Å². The summed E-state index contributed by atoms with van der Waals surface area (Å²) in [6.07, 6.45) is 3.68. The summed E-state index contributed by atoms with van der Waals surface area (Å²) in [7, 11) is 0. The molecule has 0 saturated heterocycles. The molecule has 0 unspecified atom stereocenters. The van der Waals surface area contributed by atoms with Crippen LogP contribution in [0.15, 0.2) is 35.2 Å². The molecule has 110 valence electrons. The first kappa shape index (κ1) is 14.5. The van der Waals surface area contributed by atoms with Crippen LogP contribution in [0.25, 0.3) is 5.69 Å². The van der Waals surface area contributed by atoms with Crippen LogP contribution in [0.1, 0.15) is 42.0 Å². The van der Waals surface area contributed by atoms with Crippen molar-refractivity contribution in [3.63, 3.8) is 0 Å². The van der Waals surface area contributed by atoms with E-state index in [1.165, 1.54) is 10.6 Å². The van der Waals surface area contributed by atoms with Crippen molar-refractivity contribution in [2.45, 2.75) is 38.5 Å². The lowest BCUT2D eigenvalue weighted by atomic mass is 9.76. The van der Waals surface area contributed by atoms with E-state index in [1.54, 1.807) is 11.8 Å². The summed E-state index contributed by atoms with van der Waals surface area (Å²) in [5.74, 6) is 0.281. The molecule has 3 rings (SSSR count). The molecule has 2 nitrogen and oxygen atoms in total. The number of hydrogen-bond acceptors (Lipinski definition) is 2. The SMILES string of the molecule is CSc1ccc(-n2c(C)cc3c2CC(C)(C)CC3=O)cc1. The zero-order chi connectivity index (χ0) is 15.2. The predicted molar refractivity (Wildman–Crippen MR) is 88.7 cm³/mol. The summed E-state index contributed by atoms with van der Waals surface area (Å²) in [5.41, 5.74) is 4.43. The highest BCUT2D eigenvalue weighted by atomic mass is 32.2. The van der Waals surface area contributed by atoms with Crippen molar-refractivity contribution in [3.05, 3.63) is 47.3 Å². The fourth-order valence-electron chi connectivity index (χ4n) is 3.24. The monoisotopic (exact) mass is 299 g/mol. The number of benzene rings is 1. The normalized spacial score (nSPS) is 16.9. The summed E-state index contributed by atoms with van der Waals surface area (Å²) in [6, 6.07) is 10.6. The van der Waals surface area contributed by atoms with Gasteiger partial charge in [0.1, 0.15) is 0 Å². The molecule has 1 heterocycles. The lowest BCUT2D eigenvalue weighted by Crippen LogP contribution is -2.27. The highest BCUT2D eigenvalue weighted by molar-refractivity contribution is 7.98. The van der Waals surface area contributed by atoms with Gasteiger partial charge in [-0.2, -0.15) is 0 Å². The fraction of sp³-hybridized carbons (Fsp3) is 0.389. The van der Waals surface area contributed by atoms with Gasteiger partial charge in [0.15, 0.2) is 5.78 Å². The Morgan fingerprint density at radius 3 is 2.43 bits per heavy atom. The Hall–Kier alpha value is -1.48. The summed E-state index contributed by atoms with van der Waals surface area (Å²) in [5, 5.41) is 0. The average molecular weight is 299 g/mol. The van der Waals surface area contributed by atoms with Gasteiger partial charge in [0, 0.05) is 34.0 Å². The molecule has 0 aliphatic heterocycles. The van der Waals surface area contributed by atoms with Crippen molar-refractivity contribution in [3.8, 4) is 5.69 Å². The van der Waals surface area contributed by atoms with E-state index in [9.17, 15) is 4.79 Å². The Morgan fingerprint density at radius 2 is 1.81 bits per heavy atom. The number of aryl methyl sites for hydroxylation is 1. The van der Waals surface area contributed by atoms with Gasteiger partial charge >= 0.3 is 0 Å². The van der Waals surface area contributed by atoms with Gasteiger partial charge in [-0.15, -0.1) is 11.8 Å². The van der Waals surface area contributed by atoms with Gasteiger partial charge in [0.2, 0.25) is 0 Å². The molecule has 1 aromatic heterocycles. The number of carbonyl (C=O) groups is 1. The molecule has 0 saturated carbocycles. The zero-order valence-electron chi connectivity index (χ0n) is 13.1. The van der Waals surface area contributed by atoms with Crippen LogP contribution in [0.5, 0.6) is 0 Å². The maximum absolute atomic E-state index is 12.4. The predicted octanol–water partition coefficient (Wildman–Crippen LogP) is 4.66. The molecule has 1 aliphatic rings. The van der Waals surface area contributed by atoms with E-state index >= 15 is 0 Å². The molecule has 21 heavy (non-hydrogen) atoms. The third kappa shape index (κ3) is 2.55. The van der Waals surface area contributed by atoms with E-state index in [-0.39, 0.29) is 11.2 Å². The molecule has 0 bridgehead atoms. The van der Waals surface area contributed by atoms with Crippen molar-refractivity contribution < 1.29 is 4.79 Å². The number of aromatic nitrogens is 1. The van der Waals surface area contributed by atoms with Gasteiger partial charge in [-0.25, -0.2) is 0 Å². The summed E-state index contributed by atoms with van der Waals surface area (Å²) in [6.45, 7) is 6.44. The number of Topliss-reactive ketones (excluding diaryl/α,β-unsaturated/α-hetero) is 1. The standard InChI is InChI=1S/C18H21NOS/c1-12-9-15-16(10-18(2,3)11-17(15)20)19(12)13-5-7-14(21-4)8-6-13/h5-9H,10-11H2,1-4H3. The second-order valence-corrected chi connectivity index (χ2v) is 7.50. The first-order chi connectivity index (χ1) is 9.91. The lowest BCUT2D eigenvalue weighted by molar-refractivity contribution is 0.0911. The number of carbonyl (C=O) groups excluding carboxylic acids is 1. The van der Waals surface area contributed by atoms with E-state index in [4.69, 9.17) is 0 Å². The Morgan fingerprint density at radius 1 is 1.14 bits per heavy atom. The second-order valence-electron chi connectivity index (χ2n) is 6.62. The van der Waals surface area contributed by atoms with Crippen LogP contribution in [0.3, 0.4) is 0 Å². The first-order valence-electron chi connectivity index (χ1n) is 7.30. The minimum atomic E-state index is 0.0475. The number of rotatable bonds is 2. The summed E-state index contributed by atoms with van der Waals surface area (Å²) >= 11 is 1.74. The van der Waals surface area contributed by atoms with Gasteiger partial charge < -0.3 is 4.57 Å². The largest absolute Gasteiger partial charge is 0.317 e. The topological polar surface area (TPSA) is 22.0 Å². The first-order valence-corrected chi connectivity index (χ1v) is 8.52. The fourth-order valence-corrected chi connectivity index (χ4v) is 3.65. The van der Waals surface area contributed by atoms with Crippen molar-refractivity contribution in [1.29, 1.82) is 0 Å². The number of ketones is 1. The highest BCUT2D eigenvalue weighted by Gasteiger charge is 2.34. The molecular formula is C18H21NOS. The van der Waals surface area contributed by atoms with E-state index in [1.807, 2.05) is 0 Å². The maximum atomic E-state index is 12.4. The van der Waals surface area contributed by atoms with Crippen molar-refractivity contribution >= 4 is 17.5 Å². The molecular weight excluding hydrogens is 278 g/mol. The quantitative estimate of drug-likeness (QED) is 0.752. The van der Waals surface area contributed by atoms with Crippen molar-refractivity contribution in [2.75, 3.05) is 6.26 Å². The van der Waals surface area contributed by atoms with E-state index < -0.39 is 0 Å². The second kappa shape index (κ2) is 5.06. The third-order valence-electron chi connectivity index (χ3n) is 4.20. The number of thioether (sulfide) groups is 1. The third-order valence-corrected chi connectivity index (χ3v) is 4.95. The minimum Gasteiger partial charge on any atom is -0.317 e. The molecule has 0 atom stereocenters. The van der Waals surface area contributed by atoms with Crippen LogP contribution in [0.2, 0.25) is 0 Å². The molecule has 0 N–H and O–H groups in total. The Bertz CT molecular complexity index is 695. The summed E-state index contributed by atoms with van der Waals surface area (Å²) in [4.78, 5) is 13.6. The Kier molecular flexibility index (Phi) is 3.48. The number of fused-ring (bicyclic) bond motifs is 1. The average Bonchev–Trinajstić information content (AvgIpc) is 2.74. The Balaban J connectivity index is 2.13. The zero-order valence-corrected chi connectivity index (χ0v) is 13.9. The molecule has 0 spiro atoms. The van der Waals surface area contributed by atoms with Crippen LogP contribution in [0.4, 0.5) is 0 Å². The summed E-state index contributed by atoms with van der Waals surface area (Å²) < 4.78 is 2.25. The molecule has 2 aromatic rings. The van der Waals surface area contributed by atoms with Gasteiger partial charge in [-0.1, -0.05) is 13.8 Å². The smallest absolute Gasteiger partial charge is 0.165 e. The van der Waals surface area contributed by atoms with Crippen LogP contribution < -0.4 is 0 Å².